The van der Waals surface area contributed by atoms with Gasteiger partial charge in [-0.1, -0.05) is 18.1 Å². The Morgan fingerprint density at radius 3 is 2.66 bits per heavy atom. The Bertz CT molecular complexity index is 834. The highest BCUT2D eigenvalue weighted by Crippen LogP contribution is 2.24. The van der Waals surface area contributed by atoms with Gasteiger partial charge in [0.05, 0.1) is 18.3 Å². The molecule has 10 nitrogen and oxygen atoms in total. The van der Waals surface area contributed by atoms with Crippen LogP contribution in [0.15, 0.2) is 24.7 Å². The molecule has 10 heteroatoms. The third-order valence-corrected chi connectivity index (χ3v) is 5.82. The van der Waals surface area contributed by atoms with Crippen LogP contribution in [-0.4, -0.2) is 71.3 Å². The predicted molar refractivity (Wildman–Crippen MR) is 103 cm³/mol. The zero-order valence-corrected chi connectivity index (χ0v) is 16.4. The van der Waals surface area contributed by atoms with Crippen molar-refractivity contribution in [3.8, 4) is 0 Å². The molecule has 3 heterocycles. The van der Waals surface area contributed by atoms with Crippen molar-refractivity contribution in [2.75, 3.05) is 13.1 Å². The third-order valence-electron chi connectivity index (χ3n) is 5.82. The molecule has 2 aromatic heterocycles. The van der Waals surface area contributed by atoms with Crippen LogP contribution in [0.1, 0.15) is 49.0 Å². The first-order chi connectivity index (χ1) is 14.0. The van der Waals surface area contributed by atoms with E-state index < -0.39 is 5.60 Å². The summed E-state index contributed by atoms with van der Waals surface area (Å²) < 4.78 is 3.11. The number of rotatable bonds is 6. The van der Waals surface area contributed by atoms with Crippen LogP contribution in [0, 0.1) is 0 Å². The summed E-state index contributed by atoms with van der Waals surface area (Å²) in [5.74, 6) is -0.225. The molecule has 29 heavy (non-hydrogen) atoms. The van der Waals surface area contributed by atoms with Gasteiger partial charge in [-0.3, -0.25) is 14.3 Å². The molecule has 2 aliphatic rings. The second kappa shape index (κ2) is 8.32. The number of aliphatic hydroxyl groups is 1. The minimum Gasteiger partial charge on any atom is -0.388 e. The van der Waals surface area contributed by atoms with Crippen molar-refractivity contribution in [3.63, 3.8) is 0 Å². The van der Waals surface area contributed by atoms with Crippen molar-refractivity contribution in [3.05, 3.63) is 30.4 Å². The summed E-state index contributed by atoms with van der Waals surface area (Å²) in [7, 11) is 0. The van der Waals surface area contributed by atoms with Gasteiger partial charge in [0, 0.05) is 31.5 Å². The Kier molecular flexibility index (Phi) is 5.61. The minimum atomic E-state index is -0.977. The summed E-state index contributed by atoms with van der Waals surface area (Å²) in [5.41, 5.74) is -0.706. The van der Waals surface area contributed by atoms with Crippen molar-refractivity contribution < 1.29 is 14.7 Å². The molecule has 2 amide bonds. The molecule has 1 aliphatic carbocycles. The van der Waals surface area contributed by atoms with Crippen molar-refractivity contribution in [2.45, 2.75) is 63.3 Å². The maximum absolute atomic E-state index is 12.4. The van der Waals surface area contributed by atoms with Gasteiger partial charge in [-0.25, -0.2) is 4.68 Å². The van der Waals surface area contributed by atoms with Crippen molar-refractivity contribution in [1.82, 2.24) is 35.0 Å². The van der Waals surface area contributed by atoms with Gasteiger partial charge in [0.2, 0.25) is 5.91 Å². The minimum absolute atomic E-state index is 0.0117. The molecule has 2 aromatic rings. The van der Waals surface area contributed by atoms with E-state index in [9.17, 15) is 14.7 Å². The van der Waals surface area contributed by atoms with Gasteiger partial charge in [-0.2, -0.15) is 5.10 Å². The number of piperidine rings is 1. The normalized spacial score (nSPS) is 19.4. The highest BCUT2D eigenvalue weighted by Gasteiger charge is 2.35. The topological polar surface area (TPSA) is 118 Å². The molecule has 0 unspecified atom stereocenters. The lowest BCUT2D eigenvalue weighted by molar-refractivity contribution is -0.136. The van der Waals surface area contributed by atoms with Crippen LogP contribution < -0.4 is 5.32 Å². The second-order valence-corrected chi connectivity index (χ2v) is 8.06. The van der Waals surface area contributed by atoms with Crippen molar-refractivity contribution in [2.24, 2.45) is 0 Å². The molecule has 2 N–H and O–H groups in total. The Hall–Kier alpha value is -2.75. The molecule has 0 radical (unpaired) electrons. The van der Waals surface area contributed by atoms with Gasteiger partial charge in [-0.05, 0) is 31.7 Å². The third kappa shape index (κ3) is 4.81. The molecule has 0 aromatic carbocycles. The van der Waals surface area contributed by atoms with E-state index in [0.29, 0.717) is 25.9 Å². The molecule has 156 valence electrons. The number of hydrogen-bond donors (Lipinski definition) is 2. The fourth-order valence-corrected chi connectivity index (χ4v) is 4.07. The number of carbonyl (C=O) groups excluding carboxylic acids is 2. The lowest BCUT2D eigenvalue weighted by Crippen LogP contribution is -2.49. The number of hydrogen-bond acceptors (Lipinski definition) is 6. The highest BCUT2D eigenvalue weighted by molar-refractivity contribution is 5.92. The number of likely N-dealkylation sites (tertiary alicyclic amines) is 1. The SMILES string of the molecule is O=C(NC1CCCC1)c1cn(CC2(O)CCN(C(=O)Cn3cccn3)CC2)nn1. The summed E-state index contributed by atoms with van der Waals surface area (Å²) in [6.07, 6.45) is 10.2. The van der Waals surface area contributed by atoms with E-state index >= 15 is 0 Å². The van der Waals surface area contributed by atoms with Crippen LogP contribution >= 0.6 is 0 Å². The van der Waals surface area contributed by atoms with E-state index in [-0.39, 0.29) is 36.6 Å². The summed E-state index contributed by atoms with van der Waals surface area (Å²) >= 11 is 0. The molecule has 1 aliphatic heterocycles. The molecule has 2 fully saturated rings. The predicted octanol–water partition coefficient (Wildman–Crippen LogP) is 0.201. The van der Waals surface area contributed by atoms with Crippen LogP contribution in [0.25, 0.3) is 0 Å². The van der Waals surface area contributed by atoms with Crippen LogP contribution in [0.2, 0.25) is 0 Å². The quantitative estimate of drug-likeness (QED) is 0.714. The number of amides is 2. The second-order valence-electron chi connectivity index (χ2n) is 8.06. The Morgan fingerprint density at radius 1 is 1.21 bits per heavy atom. The average Bonchev–Trinajstić information content (AvgIpc) is 3.45. The van der Waals surface area contributed by atoms with Crippen LogP contribution in [0.4, 0.5) is 0 Å². The molecule has 0 spiro atoms. The van der Waals surface area contributed by atoms with E-state index in [0.717, 1.165) is 25.7 Å². The summed E-state index contributed by atoms with van der Waals surface area (Å²) in [4.78, 5) is 26.4. The van der Waals surface area contributed by atoms with Gasteiger partial charge in [0.25, 0.3) is 5.91 Å². The first-order valence-corrected chi connectivity index (χ1v) is 10.2. The molecular formula is C19H27N7O3. The number of nitrogens with one attached hydrogen (secondary N) is 1. The van der Waals surface area contributed by atoms with Crippen LogP contribution in [0.3, 0.4) is 0 Å². The van der Waals surface area contributed by atoms with E-state index in [1.54, 1.807) is 34.2 Å². The first kappa shape index (κ1) is 19.6. The fraction of sp³-hybridized carbons (Fsp3) is 0.632. The fourth-order valence-electron chi connectivity index (χ4n) is 4.07. The first-order valence-electron chi connectivity index (χ1n) is 10.2. The Morgan fingerprint density at radius 2 is 1.97 bits per heavy atom. The molecular weight excluding hydrogens is 374 g/mol. The van der Waals surface area contributed by atoms with E-state index in [1.807, 2.05) is 0 Å². The van der Waals surface area contributed by atoms with Gasteiger partial charge in [0.1, 0.15) is 6.54 Å². The largest absolute Gasteiger partial charge is 0.388 e. The van der Waals surface area contributed by atoms with Crippen molar-refractivity contribution in [1.29, 1.82) is 0 Å². The maximum atomic E-state index is 12.4. The summed E-state index contributed by atoms with van der Waals surface area (Å²) in [6.45, 7) is 1.40. The molecule has 1 saturated heterocycles. The Labute approximate surface area is 168 Å². The number of nitrogens with zero attached hydrogens (tertiary/aromatic N) is 6. The smallest absolute Gasteiger partial charge is 0.273 e. The number of carbonyl (C=O) groups is 2. The van der Waals surface area contributed by atoms with Crippen LogP contribution in [-0.2, 0) is 17.9 Å². The van der Waals surface area contributed by atoms with Gasteiger partial charge in [0.15, 0.2) is 5.69 Å². The average molecular weight is 401 g/mol. The van der Waals surface area contributed by atoms with E-state index in [1.165, 1.54) is 4.68 Å². The number of aromatic nitrogens is 5. The zero-order valence-electron chi connectivity index (χ0n) is 16.4. The van der Waals surface area contributed by atoms with E-state index in [2.05, 4.69) is 20.7 Å². The lowest BCUT2D eigenvalue weighted by atomic mass is 9.91. The van der Waals surface area contributed by atoms with Gasteiger partial charge in [-0.15, -0.1) is 5.10 Å². The summed E-state index contributed by atoms with van der Waals surface area (Å²) in [5, 5.41) is 25.9. The molecule has 4 rings (SSSR count). The molecule has 1 saturated carbocycles. The van der Waals surface area contributed by atoms with Gasteiger partial charge < -0.3 is 15.3 Å². The molecule has 0 bridgehead atoms. The molecule has 0 atom stereocenters. The van der Waals surface area contributed by atoms with Gasteiger partial charge >= 0.3 is 0 Å². The van der Waals surface area contributed by atoms with E-state index in [4.69, 9.17) is 0 Å². The summed E-state index contributed by atoms with van der Waals surface area (Å²) in [6, 6.07) is 2.00. The zero-order chi connectivity index (χ0) is 20.3. The maximum Gasteiger partial charge on any atom is 0.273 e. The Balaban J connectivity index is 1.28. The van der Waals surface area contributed by atoms with Crippen LogP contribution in [0.5, 0.6) is 0 Å². The van der Waals surface area contributed by atoms with Crippen molar-refractivity contribution >= 4 is 11.8 Å². The lowest BCUT2D eigenvalue weighted by Gasteiger charge is -2.38. The standard InChI is InChI=1S/C19H27N7O3/c27-17(13-25-9-3-8-20-25)24-10-6-19(29,7-11-24)14-26-12-16(22-23-26)18(28)21-15-4-1-2-5-15/h3,8-9,12,15,29H,1-2,4-7,10-11,13-14H2,(H,21,28). The monoisotopic (exact) mass is 401 g/mol. The highest BCUT2D eigenvalue weighted by atomic mass is 16.3.